The fourth-order valence-corrected chi connectivity index (χ4v) is 8.61. The first-order chi connectivity index (χ1) is 13.4. The summed E-state index contributed by atoms with van der Waals surface area (Å²) in [5.41, 5.74) is 5.13. The van der Waals surface area contributed by atoms with Gasteiger partial charge in [0.2, 0.25) is 0 Å². The molecule has 1 spiro atoms. The van der Waals surface area contributed by atoms with Gasteiger partial charge >= 0.3 is 0 Å². The summed E-state index contributed by atoms with van der Waals surface area (Å²) in [6.07, 6.45) is 12.4. The van der Waals surface area contributed by atoms with E-state index in [-0.39, 0.29) is 16.2 Å². The van der Waals surface area contributed by atoms with Gasteiger partial charge in [0.25, 0.3) is 0 Å². The van der Waals surface area contributed by atoms with Crippen LogP contribution >= 0.6 is 0 Å². The van der Waals surface area contributed by atoms with Crippen molar-refractivity contribution >= 4 is 11.4 Å². The van der Waals surface area contributed by atoms with E-state index in [1.54, 1.807) is 5.56 Å². The van der Waals surface area contributed by atoms with Crippen molar-refractivity contribution in [3.8, 4) is 0 Å². The summed E-state index contributed by atoms with van der Waals surface area (Å²) in [5, 5.41) is 0. The first-order valence-corrected chi connectivity index (χ1v) is 10.9. The van der Waals surface area contributed by atoms with Crippen LogP contribution in [0.5, 0.6) is 0 Å². The zero-order chi connectivity index (χ0) is 19.6. The van der Waals surface area contributed by atoms with E-state index < -0.39 is 0 Å². The molecule has 1 aromatic carbocycles. The second-order valence-electron chi connectivity index (χ2n) is 9.86. The van der Waals surface area contributed by atoms with Crippen molar-refractivity contribution in [2.24, 2.45) is 16.7 Å². The van der Waals surface area contributed by atoms with Crippen molar-refractivity contribution in [3.05, 3.63) is 48.6 Å². The second-order valence-corrected chi connectivity index (χ2v) is 9.86. The standard InChI is InChI=1S/C24H32N4/c1-7-22(4)20-25(5)12-14-27(20)17-10-9-11-18-19(17)24(22)16(3)23(24,8-2)21-26(6)13-15-28(18)21/h9-16,20-21H,7-8H2,1-6H3. The monoisotopic (exact) mass is 376 g/mol. The van der Waals surface area contributed by atoms with Crippen molar-refractivity contribution < 1.29 is 0 Å². The number of benzene rings is 1. The van der Waals surface area contributed by atoms with E-state index in [2.05, 4.69) is 104 Å². The largest absolute Gasteiger partial charge is 0.358 e. The average molecular weight is 377 g/mol. The SMILES string of the molecule is CCC1(C)C2N(C)C=CN2c2cccc3c2C12C(C)C2(CC)C1N(C)C=CN31. The molecule has 0 saturated heterocycles. The summed E-state index contributed by atoms with van der Waals surface area (Å²) in [7, 11) is 4.54. The lowest BCUT2D eigenvalue weighted by Crippen LogP contribution is -2.63. The Morgan fingerprint density at radius 1 is 0.857 bits per heavy atom. The molecule has 0 radical (unpaired) electrons. The molecule has 0 N–H and O–H groups in total. The number of fused-ring (bicyclic) bond motifs is 5. The number of rotatable bonds is 2. The van der Waals surface area contributed by atoms with Crippen molar-refractivity contribution in [2.75, 3.05) is 23.9 Å². The topological polar surface area (TPSA) is 13.0 Å². The second kappa shape index (κ2) is 4.72. The minimum absolute atomic E-state index is 0.180. The summed E-state index contributed by atoms with van der Waals surface area (Å²) in [6.45, 7) is 9.98. The Morgan fingerprint density at radius 3 is 2.00 bits per heavy atom. The Labute approximate surface area is 169 Å². The molecule has 1 aromatic rings. The van der Waals surface area contributed by atoms with Crippen LogP contribution < -0.4 is 9.80 Å². The van der Waals surface area contributed by atoms with Gasteiger partial charge in [-0.15, -0.1) is 0 Å². The first-order valence-electron chi connectivity index (χ1n) is 10.9. The normalized spacial score (nSPS) is 43.9. The van der Waals surface area contributed by atoms with E-state index in [1.807, 2.05) is 0 Å². The van der Waals surface area contributed by atoms with Crippen LogP contribution in [0.2, 0.25) is 0 Å². The molecule has 0 amide bonds. The zero-order valence-corrected chi connectivity index (χ0v) is 18.0. The highest BCUT2D eigenvalue weighted by Gasteiger charge is 2.88. The Hall–Kier alpha value is -2.10. The van der Waals surface area contributed by atoms with E-state index in [9.17, 15) is 0 Å². The summed E-state index contributed by atoms with van der Waals surface area (Å²) in [4.78, 5) is 10.1. The van der Waals surface area contributed by atoms with Crippen molar-refractivity contribution in [1.29, 1.82) is 0 Å². The van der Waals surface area contributed by atoms with Gasteiger partial charge in [0.05, 0.1) is 0 Å². The lowest BCUT2D eigenvalue weighted by atomic mass is 9.57. The number of hydrogen-bond acceptors (Lipinski definition) is 4. The maximum absolute atomic E-state index is 2.58. The Bertz CT molecular complexity index is 902. The number of nitrogens with zero attached hydrogens (tertiary/aromatic N) is 4. The zero-order valence-electron chi connectivity index (χ0n) is 18.0. The molecular formula is C24H32N4. The van der Waals surface area contributed by atoms with Gasteiger partial charge in [-0.1, -0.05) is 33.8 Å². The Balaban J connectivity index is 1.75. The van der Waals surface area contributed by atoms with Crippen molar-refractivity contribution in [2.45, 2.75) is 58.3 Å². The summed E-state index contributed by atoms with van der Waals surface area (Å²) in [5.74, 6) is 0.656. The van der Waals surface area contributed by atoms with Gasteiger partial charge in [0.1, 0.15) is 12.3 Å². The molecule has 6 unspecified atom stereocenters. The van der Waals surface area contributed by atoms with Crippen LogP contribution in [0, 0.1) is 16.7 Å². The third-order valence-electron chi connectivity index (χ3n) is 9.52. The molecule has 1 saturated carbocycles. The molecule has 148 valence electrons. The molecule has 4 nitrogen and oxygen atoms in total. The highest BCUT2D eigenvalue weighted by atomic mass is 15.4. The quantitative estimate of drug-likeness (QED) is 0.753. The summed E-state index contributed by atoms with van der Waals surface area (Å²) < 4.78 is 0. The molecule has 0 bridgehead atoms. The van der Waals surface area contributed by atoms with Crippen LogP contribution in [0.15, 0.2) is 43.0 Å². The van der Waals surface area contributed by atoms with Crippen molar-refractivity contribution in [3.63, 3.8) is 0 Å². The highest BCUT2D eigenvalue weighted by molar-refractivity contribution is 5.82. The summed E-state index contributed by atoms with van der Waals surface area (Å²) in [6, 6.07) is 6.98. The number of anilines is 2. The maximum atomic E-state index is 2.58. The smallest absolute Gasteiger partial charge is 0.112 e. The van der Waals surface area contributed by atoms with Crippen LogP contribution in [-0.2, 0) is 5.41 Å². The van der Waals surface area contributed by atoms with E-state index in [0.717, 1.165) is 0 Å². The lowest BCUT2D eigenvalue weighted by Gasteiger charge is -2.59. The Morgan fingerprint density at radius 2 is 1.43 bits per heavy atom. The average Bonchev–Trinajstić information content (AvgIpc) is 2.99. The van der Waals surface area contributed by atoms with Crippen LogP contribution in [-0.4, -0.2) is 36.2 Å². The number of hydrogen-bond donors (Lipinski definition) is 0. The van der Waals surface area contributed by atoms with Crippen LogP contribution in [0.25, 0.3) is 0 Å². The van der Waals surface area contributed by atoms with Crippen molar-refractivity contribution in [1.82, 2.24) is 9.80 Å². The third kappa shape index (κ3) is 1.31. The molecule has 5 aliphatic rings. The predicted molar refractivity (Wildman–Crippen MR) is 115 cm³/mol. The molecule has 28 heavy (non-hydrogen) atoms. The van der Waals surface area contributed by atoms with Crippen LogP contribution in [0.1, 0.15) is 46.1 Å². The minimum atomic E-state index is 0.180. The maximum Gasteiger partial charge on any atom is 0.112 e. The molecule has 6 atom stereocenters. The fraction of sp³-hybridized carbons (Fsp3) is 0.583. The molecule has 1 fully saturated rings. The van der Waals surface area contributed by atoms with Crippen LogP contribution in [0.4, 0.5) is 11.4 Å². The van der Waals surface area contributed by atoms with E-state index >= 15 is 0 Å². The van der Waals surface area contributed by atoms with E-state index in [0.29, 0.717) is 18.2 Å². The van der Waals surface area contributed by atoms with Gasteiger partial charge in [-0.3, -0.25) is 0 Å². The van der Waals surface area contributed by atoms with Gasteiger partial charge in [-0.25, -0.2) is 0 Å². The Kier molecular flexibility index (Phi) is 2.83. The van der Waals surface area contributed by atoms with Gasteiger partial charge < -0.3 is 19.6 Å². The van der Waals surface area contributed by atoms with Gasteiger partial charge in [-0.05, 0) is 30.9 Å². The molecule has 0 aromatic heterocycles. The van der Waals surface area contributed by atoms with Crippen LogP contribution in [0.3, 0.4) is 0 Å². The van der Waals surface area contributed by atoms with Gasteiger partial charge in [0.15, 0.2) is 0 Å². The molecule has 4 aliphatic heterocycles. The molecule has 4 heteroatoms. The first kappa shape index (κ1) is 16.8. The minimum Gasteiger partial charge on any atom is -0.358 e. The third-order valence-corrected chi connectivity index (χ3v) is 9.52. The molecular weight excluding hydrogens is 344 g/mol. The lowest BCUT2D eigenvalue weighted by molar-refractivity contribution is 0.0395. The molecule has 1 aliphatic carbocycles. The van der Waals surface area contributed by atoms with Gasteiger partial charge in [-0.2, -0.15) is 0 Å². The predicted octanol–water partition coefficient (Wildman–Crippen LogP) is 4.51. The fourth-order valence-electron chi connectivity index (χ4n) is 8.61. The molecule has 4 heterocycles. The van der Waals surface area contributed by atoms with Gasteiger partial charge in [0, 0.05) is 72.1 Å². The summed E-state index contributed by atoms with van der Waals surface area (Å²) >= 11 is 0. The van der Waals surface area contributed by atoms with E-state index in [4.69, 9.17) is 0 Å². The molecule has 6 rings (SSSR count). The van der Waals surface area contributed by atoms with E-state index in [1.165, 1.54) is 24.2 Å². The highest BCUT2D eigenvalue weighted by Crippen LogP contribution is 2.86.